The predicted molar refractivity (Wildman–Crippen MR) is 77.7 cm³/mol. The summed E-state index contributed by atoms with van der Waals surface area (Å²) in [5, 5.41) is 6.15. The minimum atomic E-state index is -0.00807. The molecule has 2 aromatic rings. The Bertz CT molecular complexity index is 520. The van der Waals surface area contributed by atoms with Crippen molar-refractivity contribution >= 4 is 11.6 Å². The number of hydrogen-bond donors (Lipinski definition) is 2. The van der Waals surface area contributed by atoms with Crippen LogP contribution in [0.4, 0.5) is 5.69 Å². The van der Waals surface area contributed by atoms with E-state index in [2.05, 4.69) is 22.8 Å². The molecule has 0 aliphatic carbocycles. The minimum Gasteiger partial charge on any atom is -0.381 e. The van der Waals surface area contributed by atoms with Crippen molar-refractivity contribution in [1.82, 2.24) is 5.32 Å². The summed E-state index contributed by atoms with van der Waals surface area (Å²) in [6, 6.07) is 18.4. The van der Waals surface area contributed by atoms with E-state index in [-0.39, 0.29) is 5.91 Å². The number of carbonyl (C=O) groups excluding carboxylic acids is 1. The molecule has 2 N–H and O–H groups in total. The Labute approximate surface area is 113 Å². The van der Waals surface area contributed by atoms with E-state index >= 15 is 0 Å². The molecule has 98 valence electrons. The van der Waals surface area contributed by atoms with E-state index in [4.69, 9.17) is 0 Å². The van der Waals surface area contributed by atoms with Crippen molar-refractivity contribution in [1.29, 1.82) is 0 Å². The van der Waals surface area contributed by atoms with E-state index in [0.717, 1.165) is 17.8 Å². The molecule has 0 aliphatic heterocycles. The van der Waals surface area contributed by atoms with Gasteiger partial charge >= 0.3 is 0 Å². The van der Waals surface area contributed by atoms with Crippen molar-refractivity contribution in [3.05, 3.63) is 65.7 Å². The van der Waals surface area contributed by atoms with Gasteiger partial charge in [-0.3, -0.25) is 4.79 Å². The molecule has 0 saturated carbocycles. The van der Waals surface area contributed by atoms with Gasteiger partial charge in [-0.25, -0.2) is 0 Å². The number of hydrogen-bond acceptors (Lipinski definition) is 2. The van der Waals surface area contributed by atoms with Crippen molar-refractivity contribution in [2.45, 2.75) is 20.0 Å². The molecule has 0 radical (unpaired) electrons. The van der Waals surface area contributed by atoms with Crippen molar-refractivity contribution in [3.8, 4) is 0 Å². The standard InChI is InChI=1S/C16H18N2O/c1-13(19)17-11-15-7-9-16(10-8-15)18-12-14-5-3-2-4-6-14/h2-10,18H,11-12H2,1H3,(H,17,19). The van der Waals surface area contributed by atoms with Crippen molar-refractivity contribution < 1.29 is 4.79 Å². The molecule has 2 aromatic carbocycles. The second-order valence-electron chi connectivity index (χ2n) is 4.45. The highest BCUT2D eigenvalue weighted by Gasteiger charge is 1.96. The van der Waals surface area contributed by atoms with Gasteiger partial charge in [-0.15, -0.1) is 0 Å². The Kier molecular flexibility index (Phi) is 4.56. The van der Waals surface area contributed by atoms with Gasteiger partial charge in [0.05, 0.1) is 0 Å². The lowest BCUT2D eigenvalue weighted by Crippen LogP contribution is -2.18. The lowest BCUT2D eigenvalue weighted by atomic mass is 10.2. The van der Waals surface area contributed by atoms with Crippen LogP contribution in [0.5, 0.6) is 0 Å². The third-order valence-corrected chi connectivity index (χ3v) is 2.83. The van der Waals surface area contributed by atoms with Crippen LogP contribution in [0, 0.1) is 0 Å². The van der Waals surface area contributed by atoms with E-state index in [0.29, 0.717) is 6.54 Å². The molecule has 0 aliphatic rings. The van der Waals surface area contributed by atoms with Crippen LogP contribution in [0.25, 0.3) is 0 Å². The van der Waals surface area contributed by atoms with Crippen LogP contribution < -0.4 is 10.6 Å². The molecule has 2 rings (SSSR count). The van der Waals surface area contributed by atoms with Crippen molar-refractivity contribution in [2.24, 2.45) is 0 Å². The third-order valence-electron chi connectivity index (χ3n) is 2.83. The average Bonchev–Trinajstić information content (AvgIpc) is 2.45. The SMILES string of the molecule is CC(=O)NCc1ccc(NCc2ccccc2)cc1. The molecule has 0 spiro atoms. The fourth-order valence-electron chi connectivity index (χ4n) is 1.77. The maximum atomic E-state index is 10.8. The van der Waals surface area contributed by atoms with Gasteiger partial charge in [-0.1, -0.05) is 42.5 Å². The first-order valence-corrected chi connectivity index (χ1v) is 6.35. The summed E-state index contributed by atoms with van der Waals surface area (Å²) in [6.45, 7) is 2.91. The first-order valence-electron chi connectivity index (χ1n) is 6.35. The number of anilines is 1. The maximum Gasteiger partial charge on any atom is 0.217 e. The predicted octanol–water partition coefficient (Wildman–Crippen LogP) is 2.93. The number of nitrogens with one attached hydrogen (secondary N) is 2. The normalized spacial score (nSPS) is 9.95. The van der Waals surface area contributed by atoms with Crippen LogP contribution in [-0.4, -0.2) is 5.91 Å². The monoisotopic (exact) mass is 254 g/mol. The van der Waals surface area contributed by atoms with Crippen LogP contribution in [0.15, 0.2) is 54.6 Å². The molecule has 0 atom stereocenters. The topological polar surface area (TPSA) is 41.1 Å². The Balaban J connectivity index is 1.86. The molecule has 0 fully saturated rings. The zero-order valence-corrected chi connectivity index (χ0v) is 11.0. The minimum absolute atomic E-state index is 0.00807. The van der Waals surface area contributed by atoms with Gasteiger partial charge in [0.15, 0.2) is 0 Å². The summed E-state index contributed by atoms with van der Waals surface area (Å²) in [4.78, 5) is 10.8. The second-order valence-corrected chi connectivity index (χ2v) is 4.45. The summed E-state index contributed by atoms with van der Waals surface area (Å²) < 4.78 is 0. The van der Waals surface area contributed by atoms with Gasteiger partial charge in [0.1, 0.15) is 0 Å². The molecular formula is C16H18N2O. The first-order chi connectivity index (χ1) is 9.24. The molecule has 0 aromatic heterocycles. The Morgan fingerprint density at radius 2 is 1.53 bits per heavy atom. The number of rotatable bonds is 5. The molecule has 19 heavy (non-hydrogen) atoms. The van der Waals surface area contributed by atoms with Gasteiger partial charge in [0.25, 0.3) is 0 Å². The molecular weight excluding hydrogens is 236 g/mol. The van der Waals surface area contributed by atoms with Crippen LogP contribution in [-0.2, 0) is 17.9 Å². The van der Waals surface area contributed by atoms with Crippen LogP contribution >= 0.6 is 0 Å². The van der Waals surface area contributed by atoms with Gasteiger partial charge in [-0.05, 0) is 23.3 Å². The summed E-state index contributed by atoms with van der Waals surface area (Å²) in [7, 11) is 0. The molecule has 1 amide bonds. The van der Waals surface area contributed by atoms with E-state index in [9.17, 15) is 4.79 Å². The molecule has 0 heterocycles. The lowest BCUT2D eigenvalue weighted by molar-refractivity contribution is -0.119. The average molecular weight is 254 g/mol. The van der Waals surface area contributed by atoms with E-state index in [1.165, 1.54) is 12.5 Å². The summed E-state index contributed by atoms with van der Waals surface area (Å²) >= 11 is 0. The molecule has 3 nitrogen and oxygen atoms in total. The smallest absolute Gasteiger partial charge is 0.217 e. The summed E-state index contributed by atoms with van der Waals surface area (Å²) in [6.07, 6.45) is 0. The zero-order valence-electron chi connectivity index (χ0n) is 11.0. The van der Waals surface area contributed by atoms with Gasteiger partial charge in [0.2, 0.25) is 5.91 Å². The quantitative estimate of drug-likeness (QED) is 0.861. The van der Waals surface area contributed by atoms with E-state index in [1.54, 1.807) is 0 Å². The second kappa shape index (κ2) is 6.59. The Morgan fingerprint density at radius 1 is 0.895 bits per heavy atom. The third kappa shape index (κ3) is 4.47. The van der Waals surface area contributed by atoms with E-state index in [1.807, 2.05) is 42.5 Å². The van der Waals surface area contributed by atoms with Gasteiger partial charge in [0, 0.05) is 25.7 Å². The number of carbonyl (C=O) groups is 1. The molecule has 0 saturated heterocycles. The zero-order chi connectivity index (χ0) is 13.5. The highest BCUT2D eigenvalue weighted by molar-refractivity contribution is 5.72. The highest BCUT2D eigenvalue weighted by atomic mass is 16.1. The largest absolute Gasteiger partial charge is 0.381 e. The summed E-state index contributed by atoms with van der Waals surface area (Å²) in [5.74, 6) is -0.00807. The summed E-state index contributed by atoms with van der Waals surface area (Å²) in [5.41, 5.74) is 3.43. The maximum absolute atomic E-state index is 10.8. The number of amides is 1. The molecule has 0 unspecified atom stereocenters. The van der Waals surface area contributed by atoms with E-state index < -0.39 is 0 Å². The van der Waals surface area contributed by atoms with Crippen molar-refractivity contribution in [2.75, 3.05) is 5.32 Å². The molecule has 3 heteroatoms. The van der Waals surface area contributed by atoms with Crippen LogP contribution in [0.1, 0.15) is 18.1 Å². The lowest BCUT2D eigenvalue weighted by Gasteiger charge is -2.08. The Morgan fingerprint density at radius 3 is 2.16 bits per heavy atom. The van der Waals surface area contributed by atoms with Crippen molar-refractivity contribution in [3.63, 3.8) is 0 Å². The first kappa shape index (κ1) is 13.1. The van der Waals surface area contributed by atoms with Gasteiger partial charge in [-0.2, -0.15) is 0 Å². The number of benzene rings is 2. The fraction of sp³-hybridized carbons (Fsp3) is 0.188. The Hall–Kier alpha value is -2.29. The fourth-order valence-corrected chi connectivity index (χ4v) is 1.77. The van der Waals surface area contributed by atoms with Crippen LogP contribution in [0.3, 0.4) is 0 Å². The molecule has 0 bridgehead atoms. The highest BCUT2D eigenvalue weighted by Crippen LogP contribution is 2.11. The van der Waals surface area contributed by atoms with Crippen LogP contribution in [0.2, 0.25) is 0 Å². The van der Waals surface area contributed by atoms with Gasteiger partial charge < -0.3 is 10.6 Å².